The van der Waals surface area contributed by atoms with Crippen molar-refractivity contribution in [1.82, 2.24) is 9.99 Å². The lowest BCUT2D eigenvalue weighted by molar-refractivity contribution is 0.100. The number of primary amides is 1. The van der Waals surface area contributed by atoms with E-state index in [0.717, 1.165) is 0 Å². The average molecular weight is 195 g/mol. The van der Waals surface area contributed by atoms with Crippen LogP contribution in [0.25, 0.3) is 0 Å². The number of hydrogen-bond acceptors (Lipinski definition) is 5. The Balaban J connectivity index is 3.00. The van der Waals surface area contributed by atoms with Crippen molar-refractivity contribution in [3.63, 3.8) is 0 Å². The Bertz CT molecular complexity index is 350. The highest BCUT2D eigenvalue weighted by Crippen LogP contribution is 2.13. The van der Waals surface area contributed by atoms with Crippen LogP contribution in [0.15, 0.2) is 12.3 Å². The summed E-state index contributed by atoms with van der Waals surface area (Å²) >= 11 is 0. The van der Waals surface area contributed by atoms with Gasteiger partial charge < -0.3 is 16.9 Å². The van der Waals surface area contributed by atoms with E-state index in [1.165, 1.54) is 12.3 Å². The fourth-order valence-electron chi connectivity index (χ4n) is 0.970. The molecular weight excluding hydrogens is 182 g/mol. The van der Waals surface area contributed by atoms with Gasteiger partial charge in [-0.1, -0.05) is 0 Å². The van der Waals surface area contributed by atoms with Crippen molar-refractivity contribution in [3.05, 3.63) is 17.8 Å². The van der Waals surface area contributed by atoms with Crippen molar-refractivity contribution in [1.29, 1.82) is 0 Å². The van der Waals surface area contributed by atoms with Crippen LogP contribution in [0.1, 0.15) is 10.4 Å². The second-order valence-electron chi connectivity index (χ2n) is 3.03. The fraction of sp³-hybridized carbons (Fsp3) is 0.250. The average Bonchev–Trinajstić information content (AvgIpc) is 2.07. The van der Waals surface area contributed by atoms with Crippen LogP contribution in [0.3, 0.4) is 0 Å². The number of carbonyl (C=O) groups is 1. The molecule has 5 N–H and O–H groups in total. The smallest absolute Gasteiger partial charge is 0.250 e. The topological polar surface area (TPSA) is 97.3 Å². The molecule has 0 aliphatic rings. The van der Waals surface area contributed by atoms with Gasteiger partial charge in [-0.05, 0) is 6.07 Å². The van der Waals surface area contributed by atoms with Gasteiger partial charge in [-0.3, -0.25) is 4.79 Å². The van der Waals surface area contributed by atoms with Gasteiger partial charge in [0.1, 0.15) is 5.82 Å². The summed E-state index contributed by atoms with van der Waals surface area (Å²) in [6, 6.07) is 1.51. The van der Waals surface area contributed by atoms with Crippen molar-refractivity contribution >= 4 is 17.4 Å². The van der Waals surface area contributed by atoms with Gasteiger partial charge in [0.25, 0.3) is 5.91 Å². The molecule has 0 unspecified atom stereocenters. The first-order valence-electron chi connectivity index (χ1n) is 4.00. The third-order valence-electron chi connectivity index (χ3n) is 1.54. The minimum atomic E-state index is -0.563. The van der Waals surface area contributed by atoms with Gasteiger partial charge in [0, 0.05) is 14.1 Å². The van der Waals surface area contributed by atoms with E-state index in [-0.39, 0.29) is 11.3 Å². The van der Waals surface area contributed by atoms with Crippen molar-refractivity contribution in [3.8, 4) is 0 Å². The number of aromatic nitrogens is 1. The number of hydrazine groups is 1. The molecule has 1 heterocycles. The summed E-state index contributed by atoms with van der Waals surface area (Å²) in [4.78, 5) is 14.9. The zero-order chi connectivity index (χ0) is 10.7. The molecular formula is C8H13N5O. The second kappa shape index (κ2) is 3.93. The summed E-state index contributed by atoms with van der Waals surface area (Å²) in [5.41, 5.74) is 14.1. The third-order valence-corrected chi connectivity index (χ3v) is 1.54. The molecule has 0 aliphatic heterocycles. The highest BCUT2D eigenvalue weighted by atomic mass is 16.1. The summed E-state index contributed by atoms with van der Waals surface area (Å²) < 4.78 is 0. The summed E-state index contributed by atoms with van der Waals surface area (Å²) in [7, 11) is 3.62. The molecule has 0 saturated carbocycles. The highest BCUT2D eigenvalue weighted by molar-refractivity contribution is 5.98. The predicted molar refractivity (Wildman–Crippen MR) is 54.5 cm³/mol. The standard InChI is InChI=1S/C8H13N5O/c1-13(2)12-7-3-5(8(10)14)6(9)4-11-7/h3-4H,9H2,1-2H3,(H2,10,14)(H,11,12). The number of amides is 1. The molecule has 0 aliphatic carbocycles. The largest absolute Gasteiger partial charge is 0.397 e. The van der Waals surface area contributed by atoms with E-state index in [4.69, 9.17) is 11.5 Å². The van der Waals surface area contributed by atoms with Gasteiger partial charge in [0.05, 0.1) is 17.4 Å². The SMILES string of the molecule is CN(C)Nc1cc(C(N)=O)c(N)cn1. The molecule has 0 fully saturated rings. The fourth-order valence-corrected chi connectivity index (χ4v) is 0.970. The summed E-state index contributed by atoms with van der Waals surface area (Å²) in [6.45, 7) is 0. The molecule has 0 aromatic carbocycles. The third kappa shape index (κ3) is 2.33. The van der Waals surface area contributed by atoms with Crippen molar-refractivity contribution in [2.75, 3.05) is 25.3 Å². The van der Waals surface area contributed by atoms with E-state index in [2.05, 4.69) is 10.4 Å². The second-order valence-corrected chi connectivity index (χ2v) is 3.03. The normalized spacial score (nSPS) is 10.2. The lowest BCUT2D eigenvalue weighted by Crippen LogP contribution is -2.21. The molecule has 6 nitrogen and oxygen atoms in total. The number of hydrogen-bond donors (Lipinski definition) is 3. The summed E-state index contributed by atoms with van der Waals surface area (Å²) in [6.07, 6.45) is 1.39. The van der Waals surface area contributed by atoms with Crippen molar-refractivity contribution < 1.29 is 4.79 Å². The molecule has 1 rings (SSSR count). The first-order valence-corrected chi connectivity index (χ1v) is 4.00. The zero-order valence-electron chi connectivity index (χ0n) is 8.11. The van der Waals surface area contributed by atoms with Gasteiger partial charge in [-0.2, -0.15) is 0 Å². The minimum absolute atomic E-state index is 0.268. The molecule has 1 aromatic heterocycles. The Hall–Kier alpha value is -1.82. The van der Waals surface area contributed by atoms with E-state index in [1.54, 1.807) is 5.01 Å². The number of carbonyl (C=O) groups excluding carboxylic acids is 1. The van der Waals surface area contributed by atoms with Crippen LogP contribution < -0.4 is 16.9 Å². The van der Waals surface area contributed by atoms with Gasteiger partial charge in [0.2, 0.25) is 0 Å². The highest BCUT2D eigenvalue weighted by Gasteiger charge is 2.07. The van der Waals surface area contributed by atoms with E-state index >= 15 is 0 Å². The number of nitrogens with one attached hydrogen (secondary N) is 1. The van der Waals surface area contributed by atoms with Gasteiger partial charge in [-0.25, -0.2) is 9.99 Å². The van der Waals surface area contributed by atoms with Gasteiger partial charge in [-0.15, -0.1) is 0 Å². The molecule has 0 atom stereocenters. The zero-order valence-corrected chi connectivity index (χ0v) is 8.11. The molecule has 0 saturated heterocycles. The van der Waals surface area contributed by atoms with Crippen LogP contribution >= 0.6 is 0 Å². The van der Waals surface area contributed by atoms with E-state index in [0.29, 0.717) is 5.82 Å². The number of nitrogens with two attached hydrogens (primary N) is 2. The minimum Gasteiger partial charge on any atom is -0.397 e. The molecule has 1 aromatic rings. The molecule has 0 bridgehead atoms. The van der Waals surface area contributed by atoms with Crippen LogP contribution in [0.2, 0.25) is 0 Å². The Morgan fingerprint density at radius 1 is 1.57 bits per heavy atom. The van der Waals surface area contributed by atoms with Crippen molar-refractivity contribution in [2.24, 2.45) is 5.73 Å². The Morgan fingerprint density at radius 2 is 2.21 bits per heavy atom. The number of nitrogen functional groups attached to an aromatic ring is 1. The maximum absolute atomic E-state index is 10.9. The first-order chi connectivity index (χ1) is 6.50. The predicted octanol–water partition coefficient (Wildman–Crippen LogP) is -0.349. The quantitative estimate of drug-likeness (QED) is 0.573. The number of pyridine rings is 1. The van der Waals surface area contributed by atoms with E-state index in [1.807, 2.05) is 14.1 Å². The van der Waals surface area contributed by atoms with Crippen LogP contribution in [0, 0.1) is 0 Å². The Morgan fingerprint density at radius 3 is 2.71 bits per heavy atom. The lowest BCUT2D eigenvalue weighted by Gasteiger charge is -2.13. The van der Waals surface area contributed by atoms with Crippen LogP contribution in [-0.2, 0) is 0 Å². The number of nitrogens with zero attached hydrogens (tertiary/aromatic N) is 2. The van der Waals surface area contributed by atoms with E-state index in [9.17, 15) is 4.79 Å². The molecule has 76 valence electrons. The lowest BCUT2D eigenvalue weighted by atomic mass is 10.2. The van der Waals surface area contributed by atoms with Crippen LogP contribution in [0.4, 0.5) is 11.5 Å². The monoisotopic (exact) mass is 195 g/mol. The van der Waals surface area contributed by atoms with E-state index < -0.39 is 5.91 Å². The molecule has 1 amide bonds. The Labute approximate surface area is 81.9 Å². The molecule has 14 heavy (non-hydrogen) atoms. The molecule has 6 heteroatoms. The van der Waals surface area contributed by atoms with Gasteiger partial charge in [0.15, 0.2) is 0 Å². The maximum atomic E-state index is 10.9. The van der Waals surface area contributed by atoms with Crippen molar-refractivity contribution in [2.45, 2.75) is 0 Å². The maximum Gasteiger partial charge on any atom is 0.250 e. The molecule has 0 radical (unpaired) electrons. The number of anilines is 2. The number of rotatable bonds is 3. The van der Waals surface area contributed by atoms with Crippen LogP contribution in [0.5, 0.6) is 0 Å². The summed E-state index contributed by atoms with van der Waals surface area (Å²) in [5.74, 6) is -0.0373. The Kier molecular flexibility index (Phi) is 2.88. The van der Waals surface area contributed by atoms with Crippen LogP contribution in [-0.4, -0.2) is 30.0 Å². The summed E-state index contributed by atoms with van der Waals surface area (Å²) in [5, 5.41) is 1.70. The van der Waals surface area contributed by atoms with Gasteiger partial charge >= 0.3 is 0 Å². The molecule has 0 spiro atoms. The first kappa shape index (κ1) is 10.3.